The lowest BCUT2D eigenvalue weighted by Gasteiger charge is -2.09. The highest BCUT2D eigenvalue weighted by atomic mass is 127. The summed E-state index contributed by atoms with van der Waals surface area (Å²) in [6.07, 6.45) is 0. The van der Waals surface area contributed by atoms with Crippen molar-refractivity contribution in [3.63, 3.8) is 0 Å². The molecule has 0 saturated carbocycles. The molecule has 0 bridgehead atoms. The highest BCUT2D eigenvalue weighted by Crippen LogP contribution is 2.18. The topological polar surface area (TPSA) is 41.1 Å². The van der Waals surface area contributed by atoms with E-state index in [2.05, 4.69) is 10.6 Å². The Morgan fingerprint density at radius 2 is 1.90 bits per heavy atom. The predicted octanol–water partition coefficient (Wildman–Crippen LogP) is 3.79. The minimum absolute atomic E-state index is 0.134. The number of carbonyl (C=O) groups excluding carboxylic acids is 1. The second-order valence-electron chi connectivity index (χ2n) is 4.39. The number of benzene rings is 2. The van der Waals surface area contributed by atoms with E-state index >= 15 is 0 Å². The maximum atomic E-state index is 13.0. The van der Waals surface area contributed by atoms with Crippen LogP contribution in [0.1, 0.15) is 5.56 Å². The molecule has 104 valence electrons. The van der Waals surface area contributed by atoms with Gasteiger partial charge in [-0.2, -0.15) is 0 Å². The molecule has 2 N–H and O–H groups in total. The number of halogens is 2. The van der Waals surface area contributed by atoms with Gasteiger partial charge < -0.3 is 10.6 Å². The van der Waals surface area contributed by atoms with E-state index in [0.29, 0.717) is 0 Å². The smallest absolute Gasteiger partial charge is 0.243 e. The van der Waals surface area contributed by atoms with Crippen LogP contribution >= 0.6 is 22.6 Å². The summed E-state index contributed by atoms with van der Waals surface area (Å²) in [6.45, 7) is 2.12. The van der Waals surface area contributed by atoms with Crippen LogP contribution in [0.25, 0.3) is 0 Å². The van der Waals surface area contributed by atoms with Gasteiger partial charge in [-0.1, -0.05) is 17.7 Å². The summed E-state index contributed by atoms with van der Waals surface area (Å²) in [6, 6.07) is 12.0. The Balaban J connectivity index is 1.90. The first-order chi connectivity index (χ1) is 9.54. The lowest BCUT2D eigenvalue weighted by Crippen LogP contribution is -2.22. The van der Waals surface area contributed by atoms with Gasteiger partial charge in [0.15, 0.2) is 0 Å². The Kier molecular flexibility index (Phi) is 4.94. The molecule has 2 aromatic carbocycles. The molecule has 20 heavy (non-hydrogen) atoms. The van der Waals surface area contributed by atoms with Crippen LogP contribution in [0.3, 0.4) is 0 Å². The molecule has 1 amide bonds. The van der Waals surface area contributed by atoms with Crippen molar-refractivity contribution in [3.05, 3.63) is 57.4 Å². The fourth-order valence-corrected chi connectivity index (χ4v) is 2.32. The molecule has 0 unspecified atom stereocenters. The van der Waals surface area contributed by atoms with Gasteiger partial charge in [0.1, 0.15) is 5.82 Å². The molecule has 0 aromatic heterocycles. The van der Waals surface area contributed by atoms with Gasteiger partial charge in [0.25, 0.3) is 0 Å². The van der Waals surface area contributed by atoms with Crippen molar-refractivity contribution in [1.82, 2.24) is 0 Å². The van der Waals surface area contributed by atoms with Crippen molar-refractivity contribution in [1.29, 1.82) is 0 Å². The quantitative estimate of drug-likeness (QED) is 0.788. The number of amides is 1. The maximum absolute atomic E-state index is 13.0. The highest BCUT2D eigenvalue weighted by molar-refractivity contribution is 14.1. The molecule has 2 rings (SSSR count). The Morgan fingerprint density at radius 3 is 2.55 bits per heavy atom. The van der Waals surface area contributed by atoms with Gasteiger partial charge in [0.2, 0.25) is 5.91 Å². The van der Waals surface area contributed by atoms with Gasteiger partial charge in [-0.15, -0.1) is 0 Å². The van der Waals surface area contributed by atoms with Crippen molar-refractivity contribution in [2.45, 2.75) is 6.92 Å². The fourth-order valence-electron chi connectivity index (χ4n) is 1.65. The summed E-state index contributed by atoms with van der Waals surface area (Å²) in [5, 5.41) is 5.78. The van der Waals surface area contributed by atoms with Crippen LogP contribution in [0.5, 0.6) is 0 Å². The van der Waals surface area contributed by atoms with Gasteiger partial charge in [0.05, 0.1) is 6.54 Å². The van der Waals surface area contributed by atoms with Crippen LogP contribution in [-0.4, -0.2) is 12.5 Å². The van der Waals surface area contributed by atoms with Gasteiger partial charge in [-0.3, -0.25) is 4.79 Å². The minimum atomic E-state index is -0.288. The van der Waals surface area contributed by atoms with Crippen LogP contribution in [0, 0.1) is 16.3 Å². The summed E-state index contributed by atoms with van der Waals surface area (Å²) >= 11 is 2.03. The summed E-state index contributed by atoms with van der Waals surface area (Å²) in [7, 11) is 0. The van der Waals surface area contributed by atoms with E-state index in [-0.39, 0.29) is 18.3 Å². The first-order valence-electron chi connectivity index (χ1n) is 6.10. The average molecular weight is 384 g/mol. The molecule has 0 heterocycles. The third-order valence-corrected chi connectivity index (χ3v) is 3.60. The summed E-state index contributed by atoms with van der Waals surface area (Å²) in [5.41, 5.74) is 2.64. The molecule has 0 radical (unpaired) electrons. The second kappa shape index (κ2) is 6.69. The first-order valence-corrected chi connectivity index (χ1v) is 7.18. The fraction of sp³-hybridized carbons (Fsp3) is 0.133. The molecule has 3 nitrogen and oxygen atoms in total. The molecule has 0 fully saturated rings. The van der Waals surface area contributed by atoms with Crippen molar-refractivity contribution in [2.75, 3.05) is 17.2 Å². The number of rotatable bonds is 4. The van der Waals surface area contributed by atoms with E-state index in [4.69, 9.17) is 0 Å². The molecular formula is C15H14FIN2O. The van der Waals surface area contributed by atoms with E-state index in [1.54, 1.807) is 6.07 Å². The van der Waals surface area contributed by atoms with E-state index in [1.165, 1.54) is 12.1 Å². The lowest BCUT2D eigenvalue weighted by molar-refractivity contribution is -0.114. The van der Waals surface area contributed by atoms with Crippen LogP contribution in [0.4, 0.5) is 15.8 Å². The molecule has 0 aliphatic rings. The lowest BCUT2D eigenvalue weighted by atomic mass is 10.2. The Morgan fingerprint density at radius 1 is 1.20 bits per heavy atom. The molecule has 0 atom stereocenters. The SMILES string of the molecule is Cc1ccc(NC(=O)CNc2ccc(F)cc2I)cc1. The standard InChI is InChI=1S/C15H14FIN2O/c1-10-2-5-12(6-3-10)19-15(20)9-18-14-7-4-11(16)8-13(14)17/h2-8,18H,9H2,1H3,(H,19,20). The predicted molar refractivity (Wildman–Crippen MR) is 87.4 cm³/mol. The van der Waals surface area contributed by atoms with E-state index < -0.39 is 0 Å². The van der Waals surface area contributed by atoms with Gasteiger partial charge >= 0.3 is 0 Å². The van der Waals surface area contributed by atoms with Crippen molar-refractivity contribution in [3.8, 4) is 0 Å². The minimum Gasteiger partial charge on any atom is -0.375 e. The molecule has 0 aliphatic heterocycles. The number of aryl methyl sites for hydroxylation is 1. The summed E-state index contributed by atoms with van der Waals surface area (Å²) in [4.78, 5) is 11.8. The zero-order valence-electron chi connectivity index (χ0n) is 10.9. The van der Waals surface area contributed by atoms with Crippen LogP contribution in [0.2, 0.25) is 0 Å². The normalized spacial score (nSPS) is 10.2. The van der Waals surface area contributed by atoms with Crippen molar-refractivity contribution >= 4 is 39.9 Å². The zero-order chi connectivity index (χ0) is 14.5. The van der Waals surface area contributed by atoms with Crippen LogP contribution in [0.15, 0.2) is 42.5 Å². The number of hydrogen-bond donors (Lipinski definition) is 2. The van der Waals surface area contributed by atoms with Gasteiger partial charge in [-0.25, -0.2) is 4.39 Å². The molecule has 5 heteroatoms. The molecular weight excluding hydrogens is 370 g/mol. The monoisotopic (exact) mass is 384 g/mol. The Labute approximate surface area is 130 Å². The summed E-state index contributed by atoms with van der Waals surface area (Å²) < 4.78 is 13.7. The number of anilines is 2. The van der Waals surface area contributed by atoms with E-state index in [0.717, 1.165) is 20.5 Å². The first kappa shape index (κ1) is 14.8. The molecule has 2 aromatic rings. The Hall–Kier alpha value is -1.63. The third kappa shape index (κ3) is 4.19. The number of carbonyl (C=O) groups is 1. The molecule has 0 aliphatic carbocycles. The zero-order valence-corrected chi connectivity index (χ0v) is 13.1. The van der Waals surface area contributed by atoms with Crippen molar-refractivity contribution in [2.24, 2.45) is 0 Å². The number of hydrogen-bond acceptors (Lipinski definition) is 2. The summed E-state index contributed by atoms with van der Waals surface area (Å²) in [5.74, 6) is -0.432. The molecule has 0 spiro atoms. The second-order valence-corrected chi connectivity index (χ2v) is 5.55. The highest BCUT2D eigenvalue weighted by Gasteiger charge is 2.05. The Bertz CT molecular complexity index is 614. The van der Waals surface area contributed by atoms with Gasteiger partial charge in [0, 0.05) is 14.9 Å². The van der Waals surface area contributed by atoms with Crippen molar-refractivity contribution < 1.29 is 9.18 Å². The molecule has 0 saturated heterocycles. The third-order valence-electron chi connectivity index (χ3n) is 2.71. The average Bonchev–Trinajstić information content (AvgIpc) is 2.40. The van der Waals surface area contributed by atoms with E-state index in [1.807, 2.05) is 53.8 Å². The van der Waals surface area contributed by atoms with E-state index in [9.17, 15) is 9.18 Å². The maximum Gasteiger partial charge on any atom is 0.243 e. The number of nitrogens with one attached hydrogen (secondary N) is 2. The van der Waals surface area contributed by atoms with Gasteiger partial charge in [-0.05, 0) is 59.8 Å². The largest absolute Gasteiger partial charge is 0.375 e. The van der Waals surface area contributed by atoms with Crippen LogP contribution in [-0.2, 0) is 4.79 Å². The van der Waals surface area contributed by atoms with Crippen LogP contribution < -0.4 is 10.6 Å².